The van der Waals surface area contributed by atoms with Crippen molar-refractivity contribution >= 4 is 12.2 Å². The molecule has 0 saturated heterocycles. The fourth-order valence-electron chi connectivity index (χ4n) is 0.842. The number of amides is 1. The molecule has 1 aromatic rings. The third-order valence-electron chi connectivity index (χ3n) is 1.42. The lowest BCUT2D eigenvalue weighted by Crippen LogP contribution is -2.21. The van der Waals surface area contributed by atoms with E-state index in [4.69, 9.17) is 0 Å². The zero-order valence-corrected chi connectivity index (χ0v) is 6.41. The van der Waals surface area contributed by atoms with Crippen LogP contribution < -0.4 is 5.32 Å². The van der Waals surface area contributed by atoms with Crippen molar-refractivity contribution in [2.45, 2.75) is 0 Å². The summed E-state index contributed by atoms with van der Waals surface area (Å²) in [5.74, 6) is -0.112. The Kier molecular flexibility index (Phi) is 3.02. The van der Waals surface area contributed by atoms with Crippen molar-refractivity contribution in [2.75, 3.05) is 6.54 Å². The van der Waals surface area contributed by atoms with Crippen LogP contribution in [-0.4, -0.2) is 18.7 Å². The molecule has 61 valence electrons. The maximum atomic E-state index is 11.2. The molecule has 1 aromatic carbocycles. The van der Waals surface area contributed by atoms with Gasteiger partial charge in [0, 0.05) is 5.56 Å². The van der Waals surface area contributed by atoms with Crippen molar-refractivity contribution in [3.8, 4) is 0 Å². The smallest absolute Gasteiger partial charge is 0.309 e. The second-order valence-electron chi connectivity index (χ2n) is 2.24. The van der Waals surface area contributed by atoms with Gasteiger partial charge in [-0.05, 0) is 0 Å². The maximum Gasteiger partial charge on any atom is 0.309 e. The summed E-state index contributed by atoms with van der Waals surface area (Å²) in [4.78, 5) is 20.9. The molecule has 0 unspecified atom stereocenters. The van der Waals surface area contributed by atoms with Gasteiger partial charge in [0.1, 0.15) is 0 Å². The maximum absolute atomic E-state index is 11.2. The highest BCUT2D eigenvalue weighted by Crippen LogP contribution is 1.98. The molecule has 0 aliphatic carbocycles. The van der Waals surface area contributed by atoms with E-state index in [-0.39, 0.29) is 12.3 Å². The average Bonchev–Trinajstić information content (AvgIpc) is 2.15. The Morgan fingerprint density at radius 3 is 2.58 bits per heavy atom. The molecule has 1 rings (SSSR count). The van der Waals surface area contributed by atoms with E-state index in [0.29, 0.717) is 5.56 Å². The molecule has 0 spiro atoms. The highest BCUT2D eigenvalue weighted by molar-refractivity contribution is 5.98. The number of hydrogen-bond acceptors (Lipinski definition) is 2. The molecule has 0 fully saturated rings. The van der Waals surface area contributed by atoms with Gasteiger partial charge in [-0.1, -0.05) is 30.3 Å². The first-order valence-electron chi connectivity index (χ1n) is 3.53. The van der Waals surface area contributed by atoms with Crippen LogP contribution in [0.25, 0.3) is 0 Å². The number of hydrogen-bond donors (Lipinski definition) is 1. The van der Waals surface area contributed by atoms with E-state index in [9.17, 15) is 9.59 Å². The zero-order chi connectivity index (χ0) is 8.81. The van der Waals surface area contributed by atoms with E-state index in [2.05, 4.69) is 5.32 Å². The highest BCUT2D eigenvalue weighted by atomic mass is 16.1. The highest BCUT2D eigenvalue weighted by Gasteiger charge is 2.02. The molecule has 3 nitrogen and oxygen atoms in total. The molecule has 0 aromatic heterocycles. The Bertz CT molecular complexity index is 269. The predicted octanol–water partition coefficient (Wildman–Crippen LogP) is 0.526. The van der Waals surface area contributed by atoms with Gasteiger partial charge in [0.05, 0.1) is 6.54 Å². The standard InChI is InChI=1S/C9H8NO2/c11-7-10-6-9(12)8-4-2-1-3-5-8/h1-5H,6H2,(H,10,11). The van der Waals surface area contributed by atoms with Crippen molar-refractivity contribution in [3.05, 3.63) is 35.9 Å². The summed E-state index contributed by atoms with van der Waals surface area (Å²) in [6.45, 7) is 0.00745. The van der Waals surface area contributed by atoms with Crippen molar-refractivity contribution in [3.63, 3.8) is 0 Å². The summed E-state index contributed by atoms with van der Waals surface area (Å²) < 4.78 is 0. The van der Waals surface area contributed by atoms with Gasteiger partial charge >= 0.3 is 6.41 Å². The second-order valence-corrected chi connectivity index (χ2v) is 2.24. The Morgan fingerprint density at radius 2 is 2.00 bits per heavy atom. The summed E-state index contributed by atoms with van der Waals surface area (Å²) in [6.07, 6.45) is 1.45. The Labute approximate surface area is 70.4 Å². The van der Waals surface area contributed by atoms with E-state index in [1.807, 2.05) is 6.07 Å². The quantitative estimate of drug-likeness (QED) is 0.518. The van der Waals surface area contributed by atoms with E-state index in [0.717, 1.165) is 0 Å². The molecule has 0 bridgehead atoms. The third kappa shape index (κ3) is 2.20. The number of benzene rings is 1. The molecule has 1 radical (unpaired) electrons. The first kappa shape index (κ1) is 8.46. The van der Waals surface area contributed by atoms with Gasteiger partial charge < -0.3 is 5.32 Å². The van der Waals surface area contributed by atoms with Crippen molar-refractivity contribution in [1.82, 2.24) is 5.32 Å². The zero-order valence-electron chi connectivity index (χ0n) is 6.41. The molecular weight excluding hydrogens is 154 g/mol. The van der Waals surface area contributed by atoms with Crippen LogP contribution in [0.1, 0.15) is 10.4 Å². The molecule has 0 atom stereocenters. The monoisotopic (exact) mass is 162 g/mol. The lowest BCUT2D eigenvalue weighted by molar-refractivity contribution is 0.0996. The van der Waals surface area contributed by atoms with Crippen LogP contribution in [0, 0.1) is 0 Å². The largest absolute Gasteiger partial charge is 0.340 e. The fourth-order valence-corrected chi connectivity index (χ4v) is 0.842. The number of carbonyl (C=O) groups is 1. The van der Waals surface area contributed by atoms with Gasteiger partial charge in [-0.3, -0.25) is 9.59 Å². The molecule has 0 aliphatic heterocycles. The normalized spacial score (nSPS) is 9.00. The Hall–Kier alpha value is -1.64. The number of nitrogens with one attached hydrogen (secondary N) is 1. The van der Waals surface area contributed by atoms with Gasteiger partial charge in [0.2, 0.25) is 0 Å². The first-order valence-corrected chi connectivity index (χ1v) is 3.53. The van der Waals surface area contributed by atoms with Gasteiger partial charge in [-0.15, -0.1) is 0 Å². The van der Waals surface area contributed by atoms with Crippen LogP contribution in [0.5, 0.6) is 0 Å². The summed E-state index contributed by atoms with van der Waals surface area (Å²) in [6, 6.07) is 8.79. The van der Waals surface area contributed by atoms with Crippen LogP contribution >= 0.6 is 0 Å². The van der Waals surface area contributed by atoms with Gasteiger partial charge in [-0.25, -0.2) is 0 Å². The van der Waals surface area contributed by atoms with Crippen LogP contribution in [0.15, 0.2) is 30.3 Å². The molecule has 0 aliphatic rings. The second kappa shape index (κ2) is 4.28. The number of Topliss-reactive ketones (excluding diaryl/α,β-unsaturated/α-hetero) is 1. The molecule has 12 heavy (non-hydrogen) atoms. The fraction of sp³-hybridized carbons (Fsp3) is 0.111. The Morgan fingerprint density at radius 1 is 1.33 bits per heavy atom. The van der Waals surface area contributed by atoms with E-state index in [1.54, 1.807) is 24.3 Å². The summed E-state index contributed by atoms with van der Waals surface area (Å²) in [7, 11) is 0. The lowest BCUT2D eigenvalue weighted by atomic mass is 10.1. The molecule has 1 N–H and O–H groups in total. The van der Waals surface area contributed by atoms with Crippen molar-refractivity contribution < 1.29 is 9.59 Å². The SMILES string of the molecule is O=[C]NCC(=O)c1ccccc1. The average molecular weight is 162 g/mol. The first-order chi connectivity index (χ1) is 5.84. The minimum Gasteiger partial charge on any atom is -0.340 e. The van der Waals surface area contributed by atoms with Crippen LogP contribution in [0.4, 0.5) is 0 Å². The van der Waals surface area contributed by atoms with E-state index < -0.39 is 0 Å². The van der Waals surface area contributed by atoms with Gasteiger partial charge in [0.25, 0.3) is 0 Å². The van der Waals surface area contributed by atoms with Gasteiger partial charge in [-0.2, -0.15) is 0 Å². The summed E-state index contributed by atoms with van der Waals surface area (Å²) in [5, 5.41) is 2.19. The van der Waals surface area contributed by atoms with Crippen molar-refractivity contribution in [1.29, 1.82) is 0 Å². The third-order valence-corrected chi connectivity index (χ3v) is 1.42. The van der Waals surface area contributed by atoms with Crippen molar-refractivity contribution in [2.24, 2.45) is 0 Å². The molecule has 3 heteroatoms. The molecule has 0 saturated carbocycles. The van der Waals surface area contributed by atoms with Crippen LogP contribution in [0.3, 0.4) is 0 Å². The summed E-state index contributed by atoms with van der Waals surface area (Å²) in [5.41, 5.74) is 0.597. The number of carbonyl (C=O) groups excluding carboxylic acids is 2. The minimum atomic E-state index is -0.112. The van der Waals surface area contributed by atoms with Gasteiger partial charge in [0.15, 0.2) is 5.78 Å². The number of ketones is 1. The summed E-state index contributed by atoms with van der Waals surface area (Å²) >= 11 is 0. The van der Waals surface area contributed by atoms with E-state index in [1.165, 1.54) is 6.41 Å². The van der Waals surface area contributed by atoms with Crippen LogP contribution in [0.2, 0.25) is 0 Å². The minimum absolute atomic E-state index is 0.00745. The molecular formula is C9H8NO2. The topological polar surface area (TPSA) is 46.2 Å². The molecule has 0 heterocycles. The molecule has 1 amide bonds. The van der Waals surface area contributed by atoms with E-state index >= 15 is 0 Å². The lowest BCUT2D eigenvalue weighted by Gasteiger charge is -1.97. The predicted molar refractivity (Wildman–Crippen MR) is 44.5 cm³/mol. The van der Waals surface area contributed by atoms with Crippen LogP contribution in [-0.2, 0) is 4.79 Å². The number of rotatable bonds is 4. The Balaban J connectivity index is 2.59.